The van der Waals surface area contributed by atoms with Gasteiger partial charge in [0.2, 0.25) is 0 Å². The van der Waals surface area contributed by atoms with Gasteiger partial charge in [-0.2, -0.15) is 0 Å². The van der Waals surface area contributed by atoms with Gasteiger partial charge in [0.1, 0.15) is 12.4 Å². The van der Waals surface area contributed by atoms with Crippen molar-refractivity contribution in [2.45, 2.75) is 65.7 Å². The Bertz CT molecular complexity index is 235. The fourth-order valence-corrected chi connectivity index (χ4v) is 2.53. The van der Waals surface area contributed by atoms with Crippen LogP contribution in [0.25, 0.3) is 0 Å². The molecule has 1 N–H and O–H groups in total. The van der Waals surface area contributed by atoms with E-state index in [1.807, 2.05) is 0 Å². The lowest BCUT2D eigenvalue weighted by atomic mass is 9.94. The van der Waals surface area contributed by atoms with Gasteiger partial charge >= 0.3 is 0 Å². The minimum Gasteiger partial charge on any atom is -0.494 e. The number of hydrogen-bond donors (Lipinski definition) is 1. The second kappa shape index (κ2) is 8.43. The summed E-state index contributed by atoms with van der Waals surface area (Å²) < 4.78 is 5.84. The monoisotopic (exact) mass is 239 g/mol. The van der Waals surface area contributed by atoms with Crippen LogP contribution in [0.5, 0.6) is 0 Å². The minimum absolute atomic E-state index is 0.629. The van der Waals surface area contributed by atoms with Crippen molar-refractivity contribution in [2.24, 2.45) is 5.92 Å². The van der Waals surface area contributed by atoms with Gasteiger partial charge in [-0.3, -0.25) is 0 Å². The first kappa shape index (κ1) is 14.4. The van der Waals surface area contributed by atoms with Gasteiger partial charge in [-0.15, -0.1) is 0 Å². The lowest BCUT2D eigenvalue weighted by Gasteiger charge is -2.26. The van der Waals surface area contributed by atoms with Crippen molar-refractivity contribution in [1.29, 1.82) is 0 Å². The number of ether oxygens (including phenoxy) is 1. The standard InChI is InChI=1S/C15H29NO/c1-4-6-7-8-9-10-14(5-2)15-13(3)16-11-12-17-15/h14,16H,4-12H2,1-3H3. The molecule has 1 unspecified atom stereocenters. The third-order valence-corrected chi connectivity index (χ3v) is 3.64. The van der Waals surface area contributed by atoms with Crippen molar-refractivity contribution >= 4 is 0 Å². The van der Waals surface area contributed by atoms with E-state index in [0.29, 0.717) is 5.92 Å². The molecule has 0 saturated heterocycles. The van der Waals surface area contributed by atoms with Gasteiger partial charge in [0.25, 0.3) is 0 Å². The second-order valence-corrected chi connectivity index (χ2v) is 5.07. The molecule has 0 bridgehead atoms. The van der Waals surface area contributed by atoms with Gasteiger partial charge in [0, 0.05) is 18.2 Å². The van der Waals surface area contributed by atoms with Crippen LogP contribution in [0.4, 0.5) is 0 Å². The minimum atomic E-state index is 0.629. The Hall–Kier alpha value is -0.660. The highest BCUT2D eigenvalue weighted by Crippen LogP contribution is 2.26. The van der Waals surface area contributed by atoms with Crippen LogP contribution < -0.4 is 5.32 Å². The van der Waals surface area contributed by atoms with E-state index < -0.39 is 0 Å². The van der Waals surface area contributed by atoms with E-state index in [1.54, 1.807) is 0 Å². The summed E-state index contributed by atoms with van der Waals surface area (Å²) in [6.07, 6.45) is 9.31. The molecule has 0 aromatic carbocycles. The average Bonchev–Trinajstić information content (AvgIpc) is 2.35. The number of unbranched alkanes of at least 4 members (excludes halogenated alkanes) is 4. The van der Waals surface area contributed by atoms with Crippen LogP contribution in [0.1, 0.15) is 65.7 Å². The summed E-state index contributed by atoms with van der Waals surface area (Å²) in [6.45, 7) is 8.48. The molecule has 0 saturated carbocycles. The molecule has 2 nitrogen and oxygen atoms in total. The molecule has 0 aliphatic carbocycles. The van der Waals surface area contributed by atoms with E-state index in [0.717, 1.165) is 13.2 Å². The quantitative estimate of drug-likeness (QED) is 0.640. The largest absolute Gasteiger partial charge is 0.494 e. The Labute approximate surface area is 107 Å². The first-order chi connectivity index (χ1) is 8.29. The highest BCUT2D eigenvalue weighted by atomic mass is 16.5. The van der Waals surface area contributed by atoms with Crippen molar-refractivity contribution < 1.29 is 4.74 Å². The Kier molecular flexibility index (Phi) is 7.14. The fraction of sp³-hybridized carbons (Fsp3) is 0.867. The van der Waals surface area contributed by atoms with Crippen molar-refractivity contribution in [3.63, 3.8) is 0 Å². The van der Waals surface area contributed by atoms with Gasteiger partial charge in [0.05, 0.1) is 0 Å². The zero-order valence-corrected chi connectivity index (χ0v) is 11.8. The Morgan fingerprint density at radius 3 is 2.59 bits per heavy atom. The van der Waals surface area contributed by atoms with Gasteiger partial charge in [-0.25, -0.2) is 0 Å². The Morgan fingerprint density at radius 1 is 1.18 bits per heavy atom. The Balaban J connectivity index is 2.32. The summed E-state index contributed by atoms with van der Waals surface area (Å²) in [7, 11) is 0. The summed E-state index contributed by atoms with van der Waals surface area (Å²) in [5.41, 5.74) is 1.26. The second-order valence-electron chi connectivity index (χ2n) is 5.07. The molecule has 1 rings (SSSR count). The van der Waals surface area contributed by atoms with Gasteiger partial charge in [-0.05, 0) is 19.8 Å². The van der Waals surface area contributed by atoms with Crippen LogP contribution in [-0.2, 0) is 4.74 Å². The molecule has 2 heteroatoms. The van der Waals surface area contributed by atoms with Crippen LogP contribution in [0, 0.1) is 5.92 Å². The molecule has 1 heterocycles. The summed E-state index contributed by atoms with van der Waals surface area (Å²) >= 11 is 0. The zero-order valence-electron chi connectivity index (χ0n) is 11.8. The smallest absolute Gasteiger partial charge is 0.118 e. The highest BCUT2D eigenvalue weighted by molar-refractivity contribution is 5.09. The van der Waals surface area contributed by atoms with Gasteiger partial charge in [-0.1, -0.05) is 46.0 Å². The van der Waals surface area contributed by atoms with E-state index in [1.165, 1.54) is 56.4 Å². The molecule has 1 aliphatic rings. The first-order valence-corrected chi connectivity index (χ1v) is 7.37. The molecule has 17 heavy (non-hydrogen) atoms. The van der Waals surface area contributed by atoms with Crippen LogP contribution in [0.3, 0.4) is 0 Å². The molecule has 1 aliphatic heterocycles. The van der Waals surface area contributed by atoms with Crippen molar-refractivity contribution in [3.05, 3.63) is 11.5 Å². The van der Waals surface area contributed by atoms with E-state index in [2.05, 4.69) is 26.1 Å². The molecule has 100 valence electrons. The van der Waals surface area contributed by atoms with Crippen LogP contribution in [0.15, 0.2) is 11.5 Å². The summed E-state index contributed by atoms with van der Waals surface area (Å²) in [5, 5.41) is 3.41. The molecule has 0 aromatic heterocycles. The molecule has 0 aromatic rings. The molecule has 0 radical (unpaired) electrons. The lowest BCUT2D eigenvalue weighted by molar-refractivity contribution is 0.150. The molecular weight excluding hydrogens is 210 g/mol. The van der Waals surface area contributed by atoms with Crippen molar-refractivity contribution in [1.82, 2.24) is 5.32 Å². The third-order valence-electron chi connectivity index (χ3n) is 3.64. The van der Waals surface area contributed by atoms with E-state index in [-0.39, 0.29) is 0 Å². The average molecular weight is 239 g/mol. The van der Waals surface area contributed by atoms with Crippen LogP contribution in [0.2, 0.25) is 0 Å². The topological polar surface area (TPSA) is 21.3 Å². The first-order valence-electron chi connectivity index (χ1n) is 7.37. The molecular formula is C15H29NO. The lowest BCUT2D eigenvalue weighted by Crippen LogP contribution is -2.28. The predicted molar refractivity (Wildman–Crippen MR) is 73.8 cm³/mol. The molecule has 1 atom stereocenters. The fourth-order valence-electron chi connectivity index (χ4n) is 2.53. The maximum atomic E-state index is 5.84. The number of hydrogen-bond acceptors (Lipinski definition) is 2. The predicted octanol–water partition coefficient (Wildman–Crippen LogP) is 4.22. The normalized spacial score (nSPS) is 17.6. The van der Waals surface area contributed by atoms with Crippen molar-refractivity contribution in [2.75, 3.05) is 13.2 Å². The maximum absolute atomic E-state index is 5.84. The Morgan fingerprint density at radius 2 is 1.94 bits per heavy atom. The van der Waals surface area contributed by atoms with E-state index in [4.69, 9.17) is 4.74 Å². The van der Waals surface area contributed by atoms with E-state index >= 15 is 0 Å². The molecule has 0 amide bonds. The molecule has 0 spiro atoms. The third kappa shape index (κ3) is 5.01. The van der Waals surface area contributed by atoms with Crippen LogP contribution >= 0.6 is 0 Å². The number of allylic oxidation sites excluding steroid dienone is 2. The number of rotatable bonds is 8. The highest BCUT2D eigenvalue weighted by Gasteiger charge is 2.19. The van der Waals surface area contributed by atoms with E-state index in [9.17, 15) is 0 Å². The van der Waals surface area contributed by atoms with Crippen LogP contribution in [-0.4, -0.2) is 13.2 Å². The zero-order chi connectivity index (χ0) is 12.5. The SMILES string of the molecule is CCCCCCCC(CC)C1=C(C)NCCO1. The summed E-state index contributed by atoms with van der Waals surface area (Å²) in [6, 6.07) is 0. The van der Waals surface area contributed by atoms with Gasteiger partial charge < -0.3 is 10.1 Å². The van der Waals surface area contributed by atoms with Crippen molar-refractivity contribution in [3.8, 4) is 0 Å². The summed E-state index contributed by atoms with van der Waals surface area (Å²) in [4.78, 5) is 0. The molecule has 0 fully saturated rings. The maximum Gasteiger partial charge on any atom is 0.118 e. The number of nitrogens with one attached hydrogen (secondary N) is 1. The summed E-state index contributed by atoms with van der Waals surface area (Å²) in [5.74, 6) is 1.86. The van der Waals surface area contributed by atoms with Gasteiger partial charge in [0.15, 0.2) is 0 Å².